The third-order valence-corrected chi connectivity index (χ3v) is 6.56. The van der Waals surface area contributed by atoms with Crippen molar-refractivity contribution in [3.8, 4) is 0 Å². The molecular formula is C23H26ClFN4O2. The summed E-state index contributed by atoms with van der Waals surface area (Å²) in [6, 6.07) is 7.67. The Labute approximate surface area is 186 Å². The van der Waals surface area contributed by atoms with E-state index in [1.54, 1.807) is 12.1 Å². The molecule has 6 nitrogen and oxygen atoms in total. The number of benzene rings is 1. The van der Waals surface area contributed by atoms with Gasteiger partial charge in [0.25, 0.3) is 5.91 Å². The summed E-state index contributed by atoms with van der Waals surface area (Å²) in [4.78, 5) is 21.3. The Bertz CT molecular complexity index is 1010. The molecule has 0 unspecified atom stereocenters. The van der Waals surface area contributed by atoms with E-state index in [4.69, 9.17) is 27.1 Å². The van der Waals surface area contributed by atoms with Crippen LogP contribution in [-0.4, -0.2) is 29.9 Å². The molecular weight excluding hydrogens is 419 g/mol. The van der Waals surface area contributed by atoms with Crippen LogP contribution < -0.4 is 11.1 Å². The highest BCUT2D eigenvalue weighted by Crippen LogP contribution is 2.49. The van der Waals surface area contributed by atoms with Crippen molar-refractivity contribution in [2.45, 2.75) is 44.6 Å². The highest BCUT2D eigenvalue weighted by atomic mass is 35.5. The van der Waals surface area contributed by atoms with Crippen LogP contribution in [-0.2, 0) is 10.3 Å². The summed E-state index contributed by atoms with van der Waals surface area (Å²) in [5.74, 6) is -0.236. The fraction of sp³-hybridized carbons (Fsp3) is 0.435. The number of pyridine rings is 1. The van der Waals surface area contributed by atoms with Crippen molar-refractivity contribution in [1.29, 1.82) is 0 Å². The lowest BCUT2D eigenvalue weighted by atomic mass is 9.68. The van der Waals surface area contributed by atoms with Crippen molar-refractivity contribution < 1.29 is 13.9 Å². The second-order valence-corrected chi connectivity index (χ2v) is 9.11. The summed E-state index contributed by atoms with van der Waals surface area (Å²) in [7, 11) is 0. The number of nitrogens with two attached hydrogens (primary N) is 1. The van der Waals surface area contributed by atoms with Gasteiger partial charge in [-0.1, -0.05) is 11.6 Å². The summed E-state index contributed by atoms with van der Waals surface area (Å²) in [6.45, 7) is 3.32. The number of hydrogen-bond acceptors (Lipinski definition) is 5. The van der Waals surface area contributed by atoms with Crippen LogP contribution in [0.2, 0.25) is 5.02 Å². The summed E-state index contributed by atoms with van der Waals surface area (Å²) < 4.78 is 20.6. The van der Waals surface area contributed by atoms with Gasteiger partial charge in [0.15, 0.2) is 0 Å². The zero-order valence-electron chi connectivity index (χ0n) is 17.5. The summed E-state index contributed by atoms with van der Waals surface area (Å²) >= 11 is 5.84. The fourth-order valence-corrected chi connectivity index (χ4v) is 4.84. The zero-order valence-corrected chi connectivity index (χ0v) is 18.2. The van der Waals surface area contributed by atoms with Gasteiger partial charge in [-0.15, -0.1) is 0 Å². The quantitative estimate of drug-likeness (QED) is 0.719. The minimum Gasteiger partial charge on any atom is -0.387 e. The Morgan fingerprint density at radius 1 is 1.23 bits per heavy atom. The summed E-state index contributed by atoms with van der Waals surface area (Å²) in [6.07, 6.45) is 5.51. The SMILES string of the molecule is C[C@]1(c2cc(NC(=O)c3ccc(Cl)cn3)ccc2F)CC2(CCOCC2)CCC(N)=N1. The maximum absolute atomic E-state index is 15.0. The van der Waals surface area contributed by atoms with Gasteiger partial charge in [0, 0.05) is 37.1 Å². The molecule has 164 valence electrons. The predicted molar refractivity (Wildman–Crippen MR) is 119 cm³/mol. The molecule has 1 atom stereocenters. The van der Waals surface area contributed by atoms with Gasteiger partial charge in [-0.2, -0.15) is 0 Å². The smallest absolute Gasteiger partial charge is 0.274 e. The minimum absolute atomic E-state index is 0.0105. The molecule has 0 saturated carbocycles. The predicted octanol–water partition coefficient (Wildman–Crippen LogP) is 4.68. The Balaban J connectivity index is 1.65. The van der Waals surface area contributed by atoms with Gasteiger partial charge in [0.1, 0.15) is 11.5 Å². The standard InChI is InChI=1S/C23H26ClFN4O2/c1-22(14-23(7-6-20(26)29-22)8-10-31-11-9-23)17-12-16(3-4-18(17)25)28-21(30)19-5-2-15(24)13-27-19/h2-5,12-13H,6-11,14H2,1H3,(H2,26,29)(H,28,30)/t22-/m1/s1. The number of aromatic nitrogens is 1. The molecule has 8 heteroatoms. The van der Waals surface area contributed by atoms with Gasteiger partial charge in [-0.25, -0.2) is 9.37 Å². The number of carbonyl (C=O) groups is 1. The molecule has 31 heavy (non-hydrogen) atoms. The molecule has 1 saturated heterocycles. The number of amidine groups is 1. The lowest BCUT2D eigenvalue weighted by Crippen LogP contribution is -2.36. The van der Waals surface area contributed by atoms with Gasteiger partial charge in [0.2, 0.25) is 0 Å². The van der Waals surface area contributed by atoms with E-state index in [-0.39, 0.29) is 16.9 Å². The number of rotatable bonds is 3. The molecule has 1 spiro atoms. The first kappa shape index (κ1) is 21.7. The van der Waals surface area contributed by atoms with Crippen LogP contribution in [0.3, 0.4) is 0 Å². The Morgan fingerprint density at radius 3 is 2.71 bits per heavy atom. The molecule has 0 aliphatic carbocycles. The molecule has 2 aliphatic rings. The Hall–Kier alpha value is -2.51. The normalized spacial score (nSPS) is 23.1. The lowest BCUT2D eigenvalue weighted by molar-refractivity contribution is -0.00257. The molecule has 3 N–H and O–H groups in total. The van der Waals surface area contributed by atoms with E-state index in [1.165, 1.54) is 24.4 Å². The number of nitrogens with one attached hydrogen (secondary N) is 1. The maximum atomic E-state index is 15.0. The van der Waals surface area contributed by atoms with Gasteiger partial charge in [0.05, 0.1) is 16.4 Å². The molecule has 2 aromatic rings. The maximum Gasteiger partial charge on any atom is 0.274 e. The van der Waals surface area contributed by atoms with Gasteiger partial charge in [-0.05, 0) is 68.4 Å². The number of halogens is 2. The minimum atomic E-state index is -0.832. The molecule has 0 bridgehead atoms. The van der Waals surface area contributed by atoms with E-state index in [1.807, 2.05) is 6.92 Å². The molecule has 3 heterocycles. The number of carbonyl (C=O) groups excluding carboxylic acids is 1. The zero-order chi connectivity index (χ0) is 22.1. The van der Waals surface area contributed by atoms with Crippen LogP contribution in [0.15, 0.2) is 41.5 Å². The average Bonchev–Trinajstić information content (AvgIpc) is 2.86. The first-order chi connectivity index (χ1) is 14.8. The topological polar surface area (TPSA) is 89.6 Å². The van der Waals surface area contributed by atoms with Crippen molar-refractivity contribution in [2.75, 3.05) is 18.5 Å². The van der Waals surface area contributed by atoms with E-state index in [2.05, 4.69) is 10.3 Å². The number of amides is 1. The third-order valence-electron chi connectivity index (χ3n) is 6.34. The molecule has 1 aromatic carbocycles. The number of nitrogens with zero attached hydrogens (tertiary/aromatic N) is 2. The highest BCUT2D eigenvalue weighted by Gasteiger charge is 2.43. The molecule has 1 amide bonds. The Kier molecular flexibility index (Phi) is 5.99. The van der Waals surface area contributed by atoms with Crippen LogP contribution in [0.5, 0.6) is 0 Å². The highest BCUT2D eigenvalue weighted by molar-refractivity contribution is 6.30. The van der Waals surface area contributed by atoms with Crippen LogP contribution in [0.4, 0.5) is 10.1 Å². The fourth-order valence-electron chi connectivity index (χ4n) is 4.73. The first-order valence-corrected chi connectivity index (χ1v) is 10.8. The monoisotopic (exact) mass is 444 g/mol. The molecule has 0 radical (unpaired) electrons. The van der Waals surface area contributed by atoms with E-state index in [0.29, 0.717) is 48.2 Å². The van der Waals surface area contributed by atoms with Crippen molar-refractivity contribution in [3.05, 3.63) is 58.6 Å². The third kappa shape index (κ3) is 4.72. The second-order valence-electron chi connectivity index (χ2n) is 8.68. The summed E-state index contributed by atoms with van der Waals surface area (Å²) in [5.41, 5.74) is 6.49. The second kappa shape index (κ2) is 8.55. The van der Waals surface area contributed by atoms with Gasteiger partial charge in [-0.3, -0.25) is 9.79 Å². The van der Waals surface area contributed by atoms with E-state index in [0.717, 1.165) is 19.3 Å². The van der Waals surface area contributed by atoms with Crippen molar-refractivity contribution in [3.63, 3.8) is 0 Å². The van der Waals surface area contributed by atoms with Crippen LogP contribution in [0, 0.1) is 11.2 Å². The van der Waals surface area contributed by atoms with Crippen LogP contribution >= 0.6 is 11.6 Å². The molecule has 1 aromatic heterocycles. The largest absolute Gasteiger partial charge is 0.387 e. The molecule has 1 fully saturated rings. The van der Waals surface area contributed by atoms with E-state index in [9.17, 15) is 4.79 Å². The van der Waals surface area contributed by atoms with Crippen LogP contribution in [0.25, 0.3) is 0 Å². The average molecular weight is 445 g/mol. The van der Waals surface area contributed by atoms with Crippen molar-refractivity contribution in [2.24, 2.45) is 16.1 Å². The lowest BCUT2D eigenvalue weighted by Gasteiger charge is -2.41. The number of hydrogen-bond donors (Lipinski definition) is 2. The first-order valence-electron chi connectivity index (χ1n) is 10.4. The van der Waals surface area contributed by atoms with Gasteiger partial charge >= 0.3 is 0 Å². The van der Waals surface area contributed by atoms with Gasteiger partial charge < -0.3 is 15.8 Å². The molecule has 4 rings (SSSR count). The van der Waals surface area contributed by atoms with Crippen LogP contribution in [0.1, 0.15) is 55.1 Å². The van der Waals surface area contributed by atoms with E-state index < -0.39 is 11.4 Å². The molecule has 2 aliphatic heterocycles. The van der Waals surface area contributed by atoms with Crippen molar-refractivity contribution >= 4 is 29.0 Å². The van der Waals surface area contributed by atoms with Crippen molar-refractivity contribution in [1.82, 2.24) is 4.98 Å². The number of aliphatic imine (C=N–C) groups is 1. The number of ether oxygens (including phenoxy) is 1. The Morgan fingerprint density at radius 2 is 2.00 bits per heavy atom. The summed E-state index contributed by atoms with van der Waals surface area (Å²) in [5, 5.41) is 3.23. The number of anilines is 1. The van der Waals surface area contributed by atoms with E-state index >= 15 is 4.39 Å².